The van der Waals surface area contributed by atoms with Gasteiger partial charge in [-0.3, -0.25) is 4.79 Å². The summed E-state index contributed by atoms with van der Waals surface area (Å²) in [5.41, 5.74) is 2.43. The first-order valence-corrected chi connectivity index (χ1v) is 11.2. The quantitative estimate of drug-likeness (QED) is 0.426. The lowest BCUT2D eigenvalue weighted by Gasteiger charge is -2.27. The number of rotatable bonds is 6. The summed E-state index contributed by atoms with van der Waals surface area (Å²) in [6.07, 6.45) is -0.117. The summed E-state index contributed by atoms with van der Waals surface area (Å²) < 4.78 is 15.8. The van der Waals surface area contributed by atoms with Crippen LogP contribution in [0.5, 0.6) is 11.5 Å². The predicted octanol–water partition coefficient (Wildman–Crippen LogP) is 3.66. The first-order valence-electron chi connectivity index (χ1n) is 10.2. The molecule has 0 saturated heterocycles. The van der Waals surface area contributed by atoms with Crippen molar-refractivity contribution in [3.63, 3.8) is 0 Å². The van der Waals surface area contributed by atoms with Crippen LogP contribution >= 0.6 is 11.8 Å². The predicted molar refractivity (Wildman–Crippen MR) is 118 cm³/mol. The van der Waals surface area contributed by atoms with E-state index in [-0.39, 0.29) is 23.2 Å². The van der Waals surface area contributed by atoms with Gasteiger partial charge in [0.15, 0.2) is 23.4 Å². The van der Waals surface area contributed by atoms with E-state index in [1.54, 1.807) is 4.68 Å². The number of para-hydroxylation sites is 2. The van der Waals surface area contributed by atoms with Crippen molar-refractivity contribution < 1.29 is 14.3 Å². The third kappa shape index (κ3) is 4.46. The maximum absolute atomic E-state index is 13.0. The summed E-state index contributed by atoms with van der Waals surface area (Å²) >= 11 is 1.36. The summed E-state index contributed by atoms with van der Waals surface area (Å²) in [4.78, 5) is 13.0. The van der Waals surface area contributed by atoms with Crippen molar-refractivity contribution in [1.82, 2.24) is 24.8 Å². The highest BCUT2D eigenvalue weighted by Gasteiger charge is 2.25. The van der Waals surface area contributed by atoms with Crippen LogP contribution in [0.2, 0.25) is 0 Å². The molecule has 3 heterocycles. The number of hydrogen-bond acceptors (Lipinski definition) is 7. The number of carbonyl (C=O) groups excluding carboxylic acids is 1. The molecule has 3 aromatic rings. The van der Waals surface area contributed by atoms with E-state index >= 15 is 0 Å². The Labute approximate surface area is 185 Å². The van der Waals surface area contributed by atoms with Crippen molar-refractivity contribution in [2.45, 2.75) is 58.0 Å². The Morgan fingerprint density at radius 3 is 2.71 bits per heavy atom. The van der Waals surface area contributed by atoms with Crippen LogP contribution < -0.4 is 9.47 Å². The molecule has 31 heavy (non-hydrogen) atoms. The van der Waals surface area contributed by atoms with Gasteiger partial charge in [0.05, 0.1) is 17.8 Å². The van der Waals surface area contributed by atoms with E-state index in [2.05, 4.69) is 20.1 Å². The zero-order valence-corrected chi connectivity index (χ0v) is 19.3. The molecule has 0 aliphatic carbocycles. The van der Waals surface area contributed by atoms with E-state index in [1.165, 1.54) is 11.8 Å². The number of Topliss-reactive ketones (excluding diaryl/α,β-unsaturated/α-hetero) is 1. The van der Waals surface area contributed by atoms with Crippen LogP contribution in [0.25, 0.3) is 0 Å². The molecule has 1 aromatic carbocycles. The van der Waals surface area contributed by atoms with Gasteiger partial charge in [-0.25, -0.2) is 4.68 Å². The van der Waals surface area contributed by atoms with Gasteiger partial charge in [0, 0.05) is 17.0 Å². The fraction of sp³-hybridized carbons (Fsp3) is 0.455. The fourth-order valence-corrected chi connectivity index (χ4v) is 4.56. The standard InChI is InChI=1S/C22H27N5O3S/c1-14-10-17(18(28)13-31-21-23-24-25-27(21)22(3,4)5)15(2)26(14)11-16-12-29-19-8-6-7-9-20(19)30-16/h6-10,16H,11-13H2,1-5H3. The largest absolute Gasteiger partial charge is 0.486 e. The smallest absolute Gasteiger partial charge is 0.210 e. The molecular weight excluding hydrogens is 414 g/mol. The number of hydrogen-bond donors (Lipinski definition) is 0. The highest BCUT2D eigenvalue weighted by atomic mass is 32.2. The normalized spacial score (nSPS) is 15.8. The van der Waals surface area contributed by atoms with Crippen molar-refractivity contribution in [2.75, 3.05) is 12.4 Å². The van der Waals surface area contributed by atoms with Crippen LogP contribution in [0.1, 0.15) is 42.5 Å². The first-order chi connectivity index (χ1) is 14.7. The number of thioether (sulfide) groups is 1. The second kappa shape index (κ2) is 8.37. The third-order valence-electron chi connectivity index (χ3n) is 5.24. The highest BCUT2D eigenvalue weighted by Crippen LogP contribution is 2.32. The van der Waals surface area contributed by atoms with E-state index in [4.69, 9.17) is 9.47 Å². The number of aromatic nitrogens is 5. The van der Waals surface area contributed by atoms with Gasteiger partial charge in [-0.2, -0.15) is 0 Å². The van der Waals surface area contributed by atoms with E-state index in [1.807, 2.05) is 65.0 Å². The molecular formula is C22H27N5O3S. The van der Waals surface area contributed by atoms with Crippen molar-refractivity contribution in [3.05, 3.63) is 47.3 Å². The molecule has 8 nitrogen and oxygen atoms in total. The topological polar surface area (TPSA) is 84.1 Å². The molecule has 1 aliphatic heterocycles. The van der Waals surface area contributed by atoms with Crippen LogP contribution in [0, 0.1) is 13.8 Å². The number of tetrazole rings is 1. The Bertz CT molecular complexity index is 1100. The molecule has 4 rings (SSSR count). The lowest BCUT2D eigenvalue weighted by Crippen LogP contribution is -2.33. The van der Waals surface area contributed by atoms with Gasteiger partial charge >= 0.3 is 0 Å². The number of carbonyl (C=O) groups is 1. The maximum Gasteiger partial charge on any atom is 0.210 e. The molecule has 0 bridgehead atoms. The molecule has 1 unspecified atom stereocenters. The number of ether oxygens (including phenoxy) is 2. The van der Waals surface area contributed by atoms with Crippen LogP contribution in [0.15, 0.2) is 35.5 Å². The van der Waals surface area contributed by atoms with Gasteiger partial charge in [-0.05, 0) is 63.2 Å². The average Bonchev–Trinajstić information content (AvgIpc) is 3.32. The van der Waals surface area contributed by atoms with Crippen LogP contribution in [-0.4, -0.2) is 49.0 Å². The molecule has 2 aromatic heterocycles. The molecule has 0 radical (unpaired) electrons. The third-order valence-corrected chi connectivity index (χ3v) is 6.16. The van der Waals surface area contributed by atoms with Crippen LogP contribution in [0.3, 0.4) is 0 Å². The molecule has 1 atom stereocenters. The summed E-state index contributed by atoms with van der Waals surface area (Å²) in [5, 5.41) is 12.5. The van der Waals surface area contributed by atoms with Gasteiger partial charge in [-0.1, -0.05) is 23.9 Å². The Kier molecular flexibility index (Phi) is 5.79. The second-order valence-electron chi connectivity index (χ2n) is 8.65. The summed E-state index contributed by atoms with van der Waals surface area (Å²) in [6.45, 7) is 11.2. The lowest BCUT2D eigenvalue weighted by molar-refractivity contribution is 0.0777. The minimum absolute atomic E-state index is 0.0546. The number of nitrogens with zero attached hydrogens (tertiary/aromatic N) is 5. The minimum Gasteiger partial charge on any atom is -0.486 e. The number of fused-ring (bicyclic) bond motifs is 1. The zero-order valence-electron chi connectivity index (χ0n) is 18.5. The fourth-order valence-electron chi connectivity index (χ4n) is 3.62. The zero-order chi connectivity index (χ0) is 22.2. The number of aryl methyl sites for hydroxylation is 1. The lowest BCUT2D eigenvalue weighted by atomic mass is 10.1. The van der Waals surface area contributed by atoms with Crippen molar-refractivity contribution in [3.8, 4) is 11.5 Å². The Morgan fingerprint density at radius 1 is 1.23 bits per heavy atom. The molecule has 0 spiro atoms. The van der Waals surface area contributed by atoms with Crippen LogP contribution in [0.4, 0.5) is 0 Å². The highest BCUT2D eigenvalue weighted by molar-refractivity contribution is 7.99. The Morgan fingerprint density at radius 2 is 1.97 bits per heavy atom. The Balaban J connectivity index is 1.45. The van der Waals surface area contributed by atoms with Gasteiger partial charge < -0.3 is 14.0 Å². The van der Waals surface area contributed by atoms with E-state index in [9.17, 15) is 4.79 Å². The van der Waals surface area contributed by atoms with Gasteiger partial charge in [0.25, 0.3) is 0 Å². The van der Waals surface area contributed by atoms with Gasteiger partial charge in [-0.15, -0.1) is 5.10 Å². The van der Waals surface area contributed by atoms with E-state index in [0.717, 1.165) is 28.5 Å². The molecule has 0 saturated carbocycles. The number of ketones is 1. The van der Waals surface area contributed by atoms with Crippen molar-refractivity contribution >= 4 is 17.5 Å². The molecule has 164 valence electrons. The SMILES string of the molecule is Cc1cc(C(=O)CSc2nnnn2C(C)(C)C)c(C)n1CC1COc2ccccc2O1. The van der Waals surface area contributed by atoms with Crippen molar-refractivity contribution in [2.24, 2.45) is 0 Å². The van der Waals surface area contributed by atoms with E-state index < -0.39 is 0 Å². The molecule has 0 fully saturated rings. The summed E-state index contributed by atoms with van der Waals surface area (Å²) in [5.74, 6) is 1.85. The monoisotopic (exact) mass is 441 g/mol. The average molecular weight is 442 g/mol. The van der Waals surface area contributed by atoms with Gasteiger partial charge in [0.1, 0.15) is 6.61 Å². The maximum atomic E-state index is 13.0. The molecule has 0 amide bonds. The first kappa shape index (κ1) is 21.4. The van der Waals surface area contributed by atoms with Crippen molar-refractivity contribution in [1.29, 1.82) is 0 Å². The minimum atomic E-state index is -0.245. The Hall–Kier alpha value is -2.81. The molecule has 1 aliphatic rings. The second-order valence-corrected chi connectivity index (χ2v) is 9.59. The van der Waals surface area contributed by atoms with E-state index in [0.29, 0.717) is 18.3 Å². The summed E-state index contributed by atoms with van der Waals surface area (Å²) in [7, 11) is 0. The summed E-state index contributed by atoms with van der Waals surface area (Å²) in [6, 6.07) is 9.62. The number of benzene rings is 1. The molecule has 9 heteroatoms. The van der Waals surface area contributed by atoms with Crippen LogP contribution in [-0.2, 0) is 12.1 Å². The van der Waals surface area contributed by atoms with Gasteiger partial charge in [0.2, 0.25) is 5.16 Å². The molecule has 0 N–H and O–H groups in total.